The predicted octanol–water partition coefficient (Wildman–Crippen LogP) is 3.83. The van der Waals surface area contributed by atoms with Gasteiger partial charge in [-0.2, -0.15) is 10.1 Å². The lowest BCUT2D eigenvalue weighted by Gasteiger charge is -2.14. The van der Waals surface area contributed by atoms with E-state index in [0.29, 0.717) is 24.2 Å². The number of nitrogens with one attached hydrogen (secondary N) is 1. The Balaban J connectivity index is 1.25. The van der Waals surface area contributed by atoms with Gasteiger partial charge in [0.2, 0.25) is 11.8 Å². The number of aromatic nitrogens is 4. The first kappa shape index (κ1) is 21.6. The highest BCUT2D eigenvalue weighted by Crippen LogP contribution is 2.34. The van der Waals surface area contributed by atoms with E-state index in [9.17, 15) is 4.79 Å². The lowest BCUT2D eigenvalue weighted by molar-refractivity contribution is -0.125. The number of aryl methyl sites for hydroxylation is 2. The van der Waals surface area contributed by atoms with Crippen LogP contribution in [0.25, 0.3) is 11.4 Å². The van der Waals surface area contributed by atoms with E-state index < -0.39 is 0 Å². The van der Waals surface area contributed by atoms with Gasteiger partial charge in [0, 0.05) is 42.5 Å². The zero-order valence-corrected chi connectivity index (χ0v) is 18.9. The summed E-state index contributed by atoms with van der Waals surface area (Å²) in [6.07, 6.45) is 10.2. The number of rotatable bonds is 9. The van der Waals surface area contributed by atoms with Gasteiger partial charge in [0.1, 0.15) is 0 Å². The van der Waals surface area contributed by atoms with Crippen LogP contribution in [0, 0.1) is 11.8 Å². The van der Waals surface area contributed by atoms with Crippen molar-refractivity contribution in [3.05, 3.63) is 60.0 Å². The van der Waals surface area contributed by atoms with Crippen LogP contribution in [-0.2, 0) is 24.2 Å². The van der Waals surface area contributed by atoms with Crippen LogP contribution in [0.5, 0.6) is 5.88 Å². The molecular weight excluding hydrogens is 414 g/mol. The number of benzene rings is 1. The second-order valence-corrected chi connectivity index (χ2v) is 9.09. The molecule has 7 nitrogen and oxygen atoms in total. The number of carbonyl (C=O) groups is 1. The molecule has 33 heavy (non-hydrogen) atoms. The highest BCUT2D eigenvalue weighted by Gasteiger charge is 2.28. The Hall–Kier alpha value is -3.22. The summed E-state index contributed by atoms with van der Waals surface area (Å²) in [5.74, 6) is 2.20. The van der Waals surface area contributed by atoms with Gasteiger partial charge in [0.15, 0.2) is 5.82 Å². The smallest absolute Gasteiger partial charge is 0.223 e. The molecule has 1 atom stereocenters. The zero-order chi connectivity index (χ0) is 22.5. The predicted molar refractivity (Wildman–Crippen MR) is 126 cm³/mol. The van der Waals surface area contributed by atoms with Gasteiger partial charge in [-0.25, -0.2) is 4.98 Å². The molecule has 2 aliphatic carbocycles. The van der Waals surface area contributed by atoms with Crippen molar-refractivity contribution in [1.82, 2.24) is 25.1 Å². The minimum atomic E-state index is -0.0136. The second kappa shape index (κ2) is 10.1. The molecule has 2 aromatic heterocycles. The summed E-state index contributed by atoms with van der Waals surface area (Å²) in [5.41, 5.74) is 3.11. The summed E-state index contributed by atoms with van der Waals surface area (Å²) in [6.45, 7) is 2.19. The minimum absolute atomic E-state index is 0.0136. The Kier molecular flexibility index (Phi) is 6.65. The lowest BCUT2D eigenvalue weighted by Crippen LogP contribution is -2.32. The van der Waals surface area contributed by atoms with Crippen LogP contribution in [0.3, 0.4) is 0 Å². The lowest BCUT2D eigenvalue weighted by atomic mass is 9.99. The van der Waals surface area contributed by atoms with Gasteiger partial charge in [-0.1, -0.05) is 30.3 Å². The van der Waals surface area contributed by atoms with Crippen LogP contribution in [0.1, 0.15) is 43.4 Å². The van der Waals surface area contributed by atoms with Gasteiger partial charge in [0.05, 0.1) is 12.3 Å². The Morgan fingerprint density at radius 1 is 1.06 bits per heavy atom. The van der Waals surface area contributed by atoms with Gasteiger partial charge in [0.25, 0.3) is 0 Å². The average molecular weight is 446 g/mol. The molecule has 0 bridgehead atoms. The molecule has 0 aliphatic heterocycles. The van der Waals surface area contributed by atoms with Crippen LogP contribution in [0.2, 0.25) is 0 Å². The van der Waals surface area contributed by atoms with E-state index in [1.54, 1.807) is 6.20 Å². The monoisotopic (exact) mass is 445 g/mol. The summed E-state index contributed by atoms with van der Waals surface area (Å²) < 4.78 is 8.09. The maximum absolute atomic E-state index is 12.9. The number of ether oxygens (including phenoxy) is 1. The average Bonchev–Trinajstić information content (AvgIpc) is 3.58. The quantitative estimate of drug-likeness (QED) is 0.400. The number of nitrogens with zero attached hydrogens (tertiary/aromatic N) is 4. The van der Waals surface area contributed by atoms with Crippen molar-refractivity contribution in [3.8, 4) is 17.3 Å². The first-order valence-corrected chi connectivity index (χ1v) is 12.1. The largest absolute Gasteiger partial charge is 0.477 e. The van der Waals surface area contributed by atoms with E-state index in [1.165, 1.54) is 12.8 Å². The normalized spacial score (nSPS) is 17.8. The van der Waals surface area contributed by atoms with Crippen LogP contribution in [0.15, 0.2) is 48.8 Å². The van der Waals surface area contributed by atoms with E-state index in [2.05, 4.69) is 10.4 Å². The Bertz CT molecular complexity index is 1060. The fraction of sp³-hybridized carbons (Fsp3) is 0.462. The molecule has 1 aromatic carbocycles. The first-order valence-electron chi connectivity index (χ1n) is 12.1. The van der Waals surface area contributed by atoms with E-state index in [1.807, 2.05) is 47.3 Å². The van der Waals surface area contributed by atoms with Crippen molar-refractivity contribution in [2.75, 3.05) is 13.2 Å². The number of hydrogen-bond acceptors (Lipinski definition) is 5. The molecule has 1 unspecified atom stereocenters. The maximum atomic E-state index is 12.9. The molecule has 0 radical (unpaired) electrons. The van der Waals surface area contributed by atoms with Crippen LogP contribution in [0.4, 0.5) is 0 Å². The third-order valence-electron chi connectivity index (χ3n) is 6.51. The zero-order valence-electron chi connectivity index (χ0n) is 18.9. The van der Waals surface area contributed by atoms with Gasteiger partial charge in [-0.05, 0) is 56.9 Å². The summed E-state index contributed by atoms with van der Waals surface area (Å²) in [6, 6.07) is 12.0. The molecule has 1 saturated carbocycles. The minimum Gasteiger partial charge on any atom is -0.477 e. The van der Waals surface area contributed by atoms with Crippen LogP contribution >= 0.6 is 0 Å². The molecule has 1 N–H and O–H groups in total. The van der Waals surface area contributed by atoms with Crippen molar-refractivity contribution in [1.29, 1.82) is 0 Å². The SMILES string of the molecule is O=C(NCCCn1cccn1)C1CCc2nc(-c3ccccc3)nc(OCC3CC3)c2CC1. The topological polar surface area (TPSA) is 81.9 Å². The molecule has 5 rings (SSSR count). The Morgan fingerprint density at radius 2 is 1.91 bits per heavy atom. The number of carbonyl (C=O) groups excluding carboxylic acids is 1. The molecule has 2 aliphatic rings. The highest BCUT2D eigenvalue weighted by atomic mass is 16.5. The maximum Gasteiger partial charge on any atom is 0.223 e. The van der Waals surface area contributed by atoms with E-state index >= 15 is 0 Å². The molecule has 1 amide bonds. The van der Waals surface area contributed by atoms with Crippen molar-refractivity contribution in [2.45, 2.75) is 51.5 Å². The third-order valence-corrected chi connectivity index (χ3v) is 6.51. The first-order chi connectivity index (χ1) is 16.3. The van der Waals surface area contributed by atoms with Crippen molar-refractivity contribution in [3.63, 3.8) is 0 Å². The second-order valence-electron chi connectivity index (χ2n) is 9.09. The number of fused-ring (bicyclic) bond motifs is 1. The van der Waals surface area contributed by atoms with Crippen LogP contribution in [-0.4, -0.2) is 38.8 Å². The fourth-order valence-electron chi connectivity index (χ4n) is 4.35. The van der Waals surface area contributed by atoms with Crippen molar-refractivity contribution in [2.24, 2.45) is 11.8 Å². The van der Waals surface area contributed by atoms with Crippen LogP contribution < -0.4 is 10.1 Å². The summed E-state index contributed by atoms with van der Waals surface area (Å²) in [7, 11) is 0. The molecular formula is C26H31N5O2. The van der Waals surface area contributed by atoms with Gasteiger partial charge in [-0.15, -0.1) is 0 Å². The number of hydrogen-bond donors (Lipinski definition) is 1. The van der Waals surface area contributed by atoms with Gasteiger partial charge >= 0.3 is 0 Å². The van der Waals surface area contributed by atoms with E-state index in [-0.39, 0.29) is 11.8 Å². The molecule has 0 saturated heterocycles. The third kappa shape index (κ3) is 5.59. The van der Waals surface area contributed by atoms with E-state index in [4.69, 9.17) is 14.7 Å². The standard InChI is InChI=1S/C26H31N5O2/c32-25(27-14-4-16-31-17-5-15-28-31)21-10-12-22-23(13-11-21)29-24(20-6-2-1-3-7-20)30-26(22)33-18-19-8-9-19/h1-3,5-7,15,17,19,21H,4,8-14,16,18H2,(H,27,32). The van der Waals surface area contributed by atoms with E-state index in [0.717, 1.165) is 62.1 Å². The Labute approximate surface area is 194 Å². The Morgan fingerprint density at radius 3 is 2.70 bits per heavy atom. The summed E-state index contributed by atoms with van der Waals surface area (Å²) >= 11 is 0. The van der Waals surface area contributed by atoms with Gasteiger partial charge < -0.3 is 10.1 Å². The fourth-order valence-corrected chi connectivity index (χ4v) is 4.35. The molecule has 3 aromatic rings. The van der Waals surface area contributed by atoms with Gasteiger partial charge in [-0.3, -0.25) is 9.48 Å². The van der Waals surface area contributed by atoms with Crippen molar-refractivity contribution >= 4 is 5.91 Å². The molecule has 0 spiro atoms. The number of amides is 1. The summed E-state index contributed by atoms with van der Waals surface area (Å²) in [5, 5.41) is 7.33. The highest BCUT2D eigenvalue weighted by molar-refractivity contribution is 5.78. The molecule has 1 fully saturated rings. The molecule has 2 heterocycles. The molecule has 7 heteroatoms. The molecule has 172 valence electrons. The summed E-state index contributed by atoms with van der Waals surface area (Å²) in [4.78, 5) is 22.6. The van der Waals surface area contributed by atoms with Crippen molar-refractivity contribution < 1.29 is 9.53 Å².